The summed E-state index contributed by atoms with van der Waals surface area (Å²) in [6, 6.07) is 6.90. The van der Waals surface area contributed by atoms with Gasteiger partial charge >= 0.3 is 0 Å². The Bertz CT molecular complexity index is 887. The Hall–Kier alpha value is -1.84. The molecule has 1 unspecified atom stereocenters. The summed E-state index contributed by atoms with van der Waals surface area (Å²) in [7, 11) is -3.46. The number of carbonyl (C=O) groups excluding carboxylic acids is 2. The fourth-order valence-electron chi connectivity index (χ4n) is 4.15. The Kier molecular flexibility index (Phi) is 8.18. The molecule has 2 fully saturated rings. The van der Waals surface area contributed by atoms with E-state index in [-0.39, 0.29) is 24.1 Å². The minimum atomic E-state index is -3.46. The van der Waals surface area contributed by atoms with E-state index in [2.05, 4.69) is 10.2 Å². The van der Waals surface area contributed by atoms with E-state index >= 15 is 0 Å². The maximum absolute atomic E-state index is 12.7. The highest BCUT2D eigenvalue weighted by Crippen LogP contribution is 2.22. The van der Waals surface area contributed by atoms with Crippen LogP contribution in [0.1, 0.15) is 32.6 Å². The monoisotopic (exact) mass is 470 g/mol. The van der Waals surface area contributed by atoms with E-state index in [0.717, 1.165) is 18.5 Å². The van der Waals surface area contributed by atoms with Crippen molar-refractivity contribution in [2.75, 3.05) is 49.9 Å². The van der Waals surface area contributed by atoms with Crippen molar-refractivity contribution >= 4 is 39.1 Å². The van der Waals surface area contributed by atoms with Crippen LogP contribution in [0, 0.1) is 0 Å². The van der Waals surface area contributed by atoms with Crippen LogP contribution < -0.4 is 10.2 Å². The van der Waals surface area contributed by atoms with Gasteiger partial charge in [0, 0.05) is 43.4 Å². The van der Waals surface area contributed by atoms with Crippen molar-refractivity contribution in [1.82, 2.24) is 14.5 Å². The molecule has 1 aromatic carbocycles. The van der Waals surface area contributed by atoms with Crippen LogP contribution in [0.5, 0.6) is 0 Å². The number of sulfonamides is 1. The van der Waals surface area contributed by atoms with Crippen molar-refractivity contribution in [1.29, 1.82) is 0 Å². The van der Waals surface area contributed by atoms with Gasteiger partial charge < -0.3 is 15.1 Å². The maximum Gasteiger partial charge on any atom is 0.242 e. The third kappa shape index (κ3) is 6.11. The molecule has 172 valence electrons. The molecule has 1 aromatic rings. The standard InChI is InChI=1S/C21H31ClN4O4S/c1-2-14-31(29,30)26-9-4-3-8-19(26)21(28)23-16-20(27)25-12-10-24(11-13-25)18-7-5-6-17(22)15-18/h5-7,15,19H,2-4,8-14,16H2,1H3,(H,23,28). The molecule has 0 saturated carbocycles. The molecule has 31 heavy (non-hydrogen) atoms. The number of nitrogens with zero attached hydrogens (tertiary/aromatic N) is 3. The van der Waals surface area contributed by atoms with E-state index in [1.54, 1.807) is 11.8 Å². The number of halogens is 1. The number of carbonyl (C=O) groups is 2. The van der Waals surface area contributed by atoms with Crippen LogP contribution >= 0.6 is 11.6 Å². The van der Waals surface area contributed by atoms with Gasteiger partial charge in [0.15, 0.2) is 0 Å². The van der Waals surface area contributed by atoms with Crippen molar-refractivity contribution in [2.45, 2.75) is 38.6 Å². The summed E-state index contributed by atoms with van der Waals surface area (Å²) >= 11 is 6.06. The predicted molar refractivity (Wildman–Crippen MR) is 122 cm³/mol. The Morgan fingerprint density at radius 3 is 2.55 bits per heavy atom. The average Bonchev–Trinajstić information content (AvgIpc) is 2.77. The van der Waals surface area contributed by atoms with Crippen LogP contribution in [0.15, 0.2) is 24.3 Å². The fraction of sp³-hybridized carbons (Fsp3) is 0.619. The molecule has 2 aliphatic rings. The lowest BCUT2D eigenvalue weighted by atomic mass is 10.0. The number of hydrogen-bond donors (Lipinski definition) is 1. The van der Waals surface area contributed by atoms with E-state index in [4.69, 9.17) is 11.6 Å². The average molecular weight is 471 g/mol. The first-order valence-electron chi connectivity index (χ1n) is 10.9. The lowest BCUT2D eigenvalue weighted by Crippen LogP contribution is -2.55. The summed E-state index contributed by atoms with van der Waals surface area (Å²) in [6.45, 7) is 4.54. The third-order valence-corrected chi connectivity index (χ3v) is 8.11. The summed E-state index contributed by atoms with van der Waals surface area (Å²) in [6.07, 6.45) is 2.55. The zero-order valence-electron chi connectivity index (χ0n) is 17.9. The summed E-state index contributed by atoms with van der Waals surface area (Å²) in [5.41, 5.74) is 1.03. The fourth-order valence-corrected chi connectivity index (χ4v) is 6.09. The third-order valence-electron chi connectivity index (χ3n) is 5.80. The first-order valence-corrected chi connectivity index (χ1v) is 12.9. The SMILES string of the molecule is CCCS(=O)(=O)N1CCCCC1C(=O)NCC(=O)N1CCN(c2cccc(Cl)c2)CC1. The van der Waals surface area contributed by atoms with Crippen molar-refractivity contribution < 1.29 is 18.0 Å². The van der Waals surface area contributed by atoms with Crippen molar-refractivity contribution in [3.05, 3.63) is 29.3 Å². The maximum atomic E-state index is 12.7. The van der Waals surface area contributed by atoms with E-state index < -0.39 is 16.1 Å². The van der Waals surface area contributed by atoms with Crippen LogP contribution in [0.4, 0.5) is 5.69 Å². The minimum absolute atomic E-state index is 0.0343. The number of rotatable bonds is 7. The molecule has 10 heteroatoms. The van der Waals surface area contributed by atoms with E-state index in [9.17, 15) is 18.0 Å². The van der Waals surface area contributed by atoms with Gasteiger partial charge in [-0.05, 0) is 37.5 Å². The minimum Gasteiger partial charge on any atom is -0.368 e. The Balaban J connectivity index is 1.50. The largest absolute Gasteiger partial charge is 0.368 e. The van der Waals surface area contributed by atoms with Crippen LogP contribution in [-0.2, 0) is 19.6 Å². The zero-order valence-corrected chi connectivity index (χ0v) is 19.5. The molecular weight excluding hydrogens is 440 g/mol. The molecule has 3 rings (SSSR count). The molecule has 0 aromatic heterocycles. The van der Waals surface area contributed by atoms with E-state index in [1.807, 2.05) is 24.3 Å². The van der Waals surface area contributed by atoms with Gasteiger partial charge in [-0.1, -0.05) is 31.0 Å². The summed E-state index contributed by atoms with van der Waals surface area (Å²) in [4.78, 5) is 29.2. The Labute approximate surface area is 189 Å². The molecule has 1 atom stereocenters. The highest BCUT2D eigenvalue weighted by atomic mass is 35.5. The number of nitrogens with one attached hydrogen (secondary N) is 1. The van der Waals surface area contributed by atoms with E-state index in [1.165, 1.54) is 4.31 Å². The van der Waals surface area contributed by atoms with Gasteiger partial charge in [0.2, 0.25) is 21.8 Å². The second kappa shape index (κ2) is 10.7. The molecule has 2 saturated heterocycles. The van der Waals surface area contributed by atoms with Gasteiger partial charge in [-0.15, -0.1) is 0 Å². The summed E-state index contributed by atoms with van der Waals surface area (Å²) in [5.74, 6) is -0.504. The van der Waals surface area contributed by atoms with Gasteiger partial charge in [0.1, 0.15) is 6.04 Å². The molecule has 2 heterocycles. The van der Waals surface area contributed by atoms with Gasteiger partial charge in [-0.3, -0.25) is 9.59 Å². The van der Waals surface area contributed by atoms with Crippen molar-refractivity contribution in [2.24, 2.45) is 0 Å². The first kappa shape index (κ1) is 23.8. The van der Waals surface area contributed by atoms with Crippen molar-refractivity contribution in [3.63, 3.8) is 0 Å². The molecule has 2 amide bonds. The first-order chi connectivity index (χ1) is 14.8. The van der Waals surface area contributed by atoms with Crippen LogP contribution in [0.3, 0.4) is 0 Å². The molecule has 2 aliphatic heterocycles. The van der Waals surface area contributed by atoms with Crippen LogP contribution in [0.25, 0.3) is 0 Å². The lowest BCUT2D eigenvalue weighted by molar-refractivity contribution is -0.134. The number of amides is 2. The number of benzene rings is 1. The summed E-state index contributed by atoms with van der Waals surface area (Å²) < 4.78 is 26.3. The molecule has 0 aliphatic carbocycles. The van der Waals surface area contributed by atoms with Gasteiger partial charge in [0.05, 0.1) is 12.3 Å². The topological polar surface area (TPSA) is 90.0 Å². The number of piperazine rings is 1. The van der Waals surface area contributed by atoms with Crippen molar-refractivity contribution in [3.8, 4) is 0 Å². The smallest absolute Gasteiger partial charge is 0.242 e. The second-order valence-electron chi connectivity index (χ2n) is 8.00. The number of piperidine rings is 1. The van der Waals surface area contributed by atoms with Gasteiger partial charge in [-0.25, -0.2) is 8.42 Å². The Morgan fingerprint density at radius 2 is 1.87 bits per heavy atom. The lowest BCUT2D eigenvalue weighted by Gasteiger charge is -2.36. The molecular formula is C21H31ClN4O4S. The quantitative estimate of drug-likeness (QED) is 0.655. The summed E-state index contributed by atoms with van der Waals surface area (Å²) in [5, 5.41) is 3.35. The number of hydrogen-bond acceptors (Lipinski definition) is 5. The van der Waals surface area contributed by atoms with E-state index in [0.29, 0.717) is 50.6 Å². The predicted octanol–water partition coefficient (Wildman–Crippen LogP) is 1.70. The van der Waals surface area contributed by atoms with Gasteiger partial charge in [-0.2, -0.15) is 4.31 Å². The second-order valence-corrected chi connectivity index (χ2v) is 10.5. The van der Waals surface area contributed by atoms with Crippen LogP contribution in [0.2, 0.25) is 5.02 Å². The molecule has 0 spiro atoms. The highest BCUT2D eigenvalue weighted by molar-refractivity contribution is 7.89. The molecule has 0 radical (unpaired) electrons. The normalized spacial score (nSPS) is 20.5. The molecule has 8 nitrogen and oxygen atoms in total. The molecule has 1 N–H and O–H groups in total. The Morgan fingerprint density at radius 1 is 1.13 bits per heavy atom. The highest BCUT2D eigenvalue weighted by Gasteiger charge is 2.36. The zero-order chi connectivity index (χ0) is 22.4. The van der Waals surface area contributed by atoms with Crippen LogP contribution in [-0.4, -0.2) is 80.5 Å². The van der Waals surface area contributed by atoms with Gasteiger partial charge in [0.25, 0.3) is 0 Å². The molecule has 0 bridgehead atoms. The number of anilines is 1.